The topological polar surface area (TPSA) is 72.1 Å². The van der Waals surface area contributed by atoms with Crippen molar-refractivity contribution in [1.82, 2.24) is 9.97 Å². The molecule has 0 aliphatic carbocycles. The zero-order valence-corrected chi connectivity index (χ0v) is 11.6. The number of nitrogens with zero attached hydrogens (tertiary/aromatic N) is 3. The van der Waals surface area contributed by atoms with E-state index in [1.54, 1.807) is 17.7 Å². The number of fused-ring (bicyclic) bond motifs is 1. The van der Waals surface area contributed by atoms with E-state index in [4.69, 9.17) is 5.73 Å². The van der Waals surface area contributed by atoms with Gasteiger partial charge in [0.05, 0.1) is 11.3 Å². The number of amides is 1. The molecule has 100 valence electrons. The molecular weight excluding hydrogens is 260 g/mol. The number of rotatable bonds is 2. The van der Waals surface area contributed by atoms with E-state index in [1.807, 2.05) is 11.4 Å². The summed E-state index contributed by atoms with van der Waals surface area (Å²) >= 11 is 1.60. The summed E-state index contributed by atoms with van der Waals surface area (Å²) in [5, 5.41) is 3.08. The standard InChI is InChI=1S/C13H16N4OS/c1-8-2-3-9(11(14)18)6-17(8)12-10-4-5-19-13(10)16-7-15-12/h4-5,7-9H,2-3,6H2,1H3,(H2,14,18)/t8-,9+/m0/s1. The lowest BCUT2D eigenvalue weighted by atomic mass is 9.93. The quantitative estimate of drug-likeness (QED) is 0.907. The van der Waals surface area contributed by atoms with Crippen molar-refractivity contribution >= 4 is 33.3 Å². The van der Waals surface area contributed by atoms with E-state index in [-0.39, 0.29) is 11.8 Å². The van der Waals surface area contributed by atoms with Crippen LogP contribution in [0.3, 0.4) is 0 Å². The van der Waals surface area contributed by atoms with Gasteiger partial charge >= 0.3 is 0 Å². The minimum absolute atomic E-state index is 0.0835. The maximum atomic E-state index is 11.4. The van der Waals surface area contributed by atoms with Crippen LogP contribution >= 0.6 is 11.3 Å². The van der Waals surface area contributed by atoms with E-state index in [1.165, 1.54) is 0 Å². The smallest absolute Gasteiger partial charge is 0.222 e. The molecule has 3 heterocycles. The Morgan fingerprint density at radius 3 is 3.11 bits per heavy atom. The minimum atomic E-state index is -0.215. The van der Waals surface area contributed by atoms with Crippen LogP contribution in [0.1, 0.15) is 19.8 Å². The van der Waals surface area contributed by atoms with Gasteiger partial charge in [-0.3, -0.25) is 4.79 Å². The van der Waals surface area contributed by atoms with Crippen LogP contribution in [0, 0.1) is 5.92 Å². The molecule has 0 radical (unpaired) electrons. The Balaban J connectivity index is 1.99. The molecule has 0 bridgehead atoms. The Morgan fingerprint density at radius 2 is 2.32 bits per heavy atom. The van der Waals surface area contributed by atoms with Crippen molar-refractivity contribution in [1.29, 1.82) is 0 Å². The van der Waals surface area contributed by atoms with Crippen LogP contribution in [0.2, 0.25) is 0 Å². The number of nitrogens with two attached hydrogens (primary N) is 1. The van der Waals surface area contributed by atoms with Gasteiger partial charge in [0.2, 0.25) is 5.91 Å². The lowest BCUT2D eigenvalue weighted by Crippen LogP contribution is -2.46. The maximum Gasteiger partial charge on any atom is 0.222 e. The number of carbonyl (C=O) groups is 1. The minimum Gasteiger partial charge on any atom is -0.369 e. The number of hydrogen-bond donors (Lipinski definition) is 1. The van der Waals surface area contributed by atoms with Gasteiger partial charge in [0.15, 0.2) is 0 Å². The van der Waals surface area contributed by atoms with Crippen LogP contribution < -0.4 is 10.6 Å². The van der Waals surface area contributed by atoms with E-state index in [9.17, 15) is 4.79 Å². The summed E-state index contributed by atoms with van der Waals surface area (Å²) in [7, 11) is 0. The van der Waals surface area contributed by atoms with Gasteiger partial charge in [-0.05, 0) is 31.2 Å². The van der Waals surface area contributed by atoms with Crippen LogP contribution in [-0.4, -0.2) is 28.5 Å². The summed E-state index contributed by atoms with van der Waals surface area (Å²) in [4.78, 5) is 23.3. The molecule has 1 fully saturated rings. The molecule has 0 aromatic carbocycles. The third-order valence-electron chi connectivity index (χ3n) is 3.80. The first-order chi connectivity index (χ1) is 9.16. The number of anilines is 1. The Labute approximate surface area is 115 Å². The number of primary amides is 1. The molecule has 2 N–H and O–H groups in total. The summed E-state index contributed by atoms with van der Waals surface area (Å²) in [5.41, 5.74) is 5.45. The van der Waals surface area contributed by atoms with E-state index in [0.717, 1.165) is 28.9 Å². The third-order valence-corrected chi connectivity index (χ3v) is 4.62. The Bertz CT molecular complexity index is 611. The molecule has 0 spiro atoms. The molecule has 1 aliphatic heterocycles. The van der Waals surface area contributed by atoms with Crippen molar-refractivity contribution in [3.63, 3.8) is 0 Å². The first-order valence-corrected chi connectivity index (χ1v) is 7.29. The summed E-state index contributed by atoms with van der Waals surface area (Å²) < 4.78 is 0. The zero-order chi connectivity index (χ0) is 13.4. The van der Waals surface area contributed by atoms with Gasteiger partial charge in [0, 0.05) is 12.6 Å². The maximum absolute atomic E-state index is 11.4. The first-order valence-electron chi connectivity index (χ1n) is 6.41. The van der Waals surface area contributed by atoms with Gasteiger partial charge in [0.25, 0.3) is 0 Å². The summed E-state index contributed by atoms with van der Waals surface area (Å²) in [5.74, 6) is 0.622. The van der Waals surface area contributed by atoms with Gasteiger partial charge < -0.3 is 10.6 Å². The van der Waals surface area contributed by atoms with Crippen LogP contribution in [-0.2, 0) is 4.79 Å². The van der Waals surface area contributed by atoms with Crippen molar-refractivity contribution in [2.24, 2.45) is 11.7 Å². The van der Waals surface area contributed by atoms with E-state index in [0.29, 0.717) is 12.6 Å². The summed E-state index contributed by atoms with van der Waals surface area (Å²) in [6.07, 6.45) is 3.42. The highest BCUT2D eigenvalue weighted by molar-refractivity contribution is 7.16. The fourth-order valence-corrected chi connectivity index (χ4v) is 3.37. The molecule has 19 heavy (non-hydrogen) atoms. The summed E-state index contributed by atoms with van der Waals surface area (Å²) in [6.45, 7) is 2.82. The second-order valence-electron chi connectivity index (χ2n) is 5.01. The molecule has 0 saturated carbocycles. The van der Waals surface area contributed by atoms with E-state index < -0.39 is 0 Å². The zero-order valence-electron chi connectivity index (χ0n) is 10.7. The van der Waals surface area contributed by atoms with Gasteiger partial charge in [0.1, 0.15) is 17.0 Å². The normalized spacial score (nSPS) is 23.7. The lowest BCUT2D eigenvalue weighted by Gasteiger charge is -2.37. The van der Waals surface area contributed by atoms with Gasteiger partial charge in [-0.2, -0.15) is 0 Å². The van der Waals surface area contributed by atoms with Crippen LogP contribution in [0.25, 0.3) is 10.2 Å². The SMILES string of the molecule is C[C@H]1CC[C@@H](C(N)=O)CN1c1ncnc2sccc12. The molecule has 2 aromatic heterocycles. The Morgan fingerprint density at radius 1 is 1.47 bits per heavy atom. The Kier molecular flexibility index (Phi) is 3.10. The van der Waals surface area contributed by atoms with Crippen molar-refractivity contribution in [2.75, 3.05) is 11.4 Å². The highest BCUT2D eigenvalue weighted by Crippen LogP contribution is 2.32. The average Bonchev–Trinajstić information content (AvgIpc) is 2.87. The van der Waals surface area contributed by atoms with E-state index in [2.05, 4.69) is 21.8 Å². The molecule has 2 atom stereocenters. The second-order valence-corrected chi connectivity index (χ2v) is 5.91. The predicted molar refractivity (Wildman–Crippen MR) is 76.1 cm³/mol. The molecule has 2 aromatic rings. The predicted octanol–water partition coefficient (Wildman–Crippen LogP) is 1.78. The highest BCUT2D eigenvalue weighted by atomic mass is 32.1. The van der Waals surface area contributed by atoms with Gasteiger partial charge in [-0.15, -0.1) is 11.3 Å². The van der Waals surface area contributed by atoms with Gasteiger partial charge in [-0.25, -0.2) is 9.97 Å². The fourth-order valence-electron chi connectivity index (χ4n) is 2.64. The molecule has 1 aliphatic rings. The number of hydrogen-bond acceptors (Lipinski definition) is 5. The first kappa shape index (κ1) is 12.3. The highest BCUT2D eigenvalue weighted by Gasteiger charge is 2.30. The molecule has 0 unspecified atom stereocenters. The fraction of sp³-hybridized carbons (Fsp3) is 0.462. The number of aromatic nitrogens is 2. The molecule has 1 amide bonds. The van der Waals surface area contributed by atoms with Crippen molar-refractivity contribution in [3.8, 4) is 0 Å². The van der Waals surface area contributed by atoms with Crippen molar-refractivity contribution < 1.29 is 4.79 Å². The van der Waals surface area contributed by atoms with Crippen molar-refractivity contribution in [2.45, 2.75) is 25.8 Å². The van der Waals surface area contributed by atoms with Crippen LogP contribution in [0.4, 0.5) is 5.82 Å². The molecule has 1 saturated heterocycles. The molecule has 6 heteroatoms. The molecule has 3 rings (SSSR count). The number of thiophene rings is 1. The van der Waals surface area contributed by atoms with Gasteiger partial charge in [-0.1, -0.05) is 0 Å². The summed E-state index contributed by atoms with van der Waals surface area (Å²) in [6, 6.07) is 2.41. The average molecular weight is 276 g/mol. The number of carbonyl (C=O) groups excluding carboxylic acids is 1. The lowest BCUT2D eigenvalue weighted by molar-refractivity contribution is -0.122. The monoisotopic (exact) mass is 276 g/mol. The molecule has 5 nitrogen and oxygen atoms in total. The van der Waals surface area contributed by atoms with Crippen LogP contribution in [0.5, 0.6) is 0 Å². The second kappa shape index (κ2) is 4.77. The third kappa shape index (κ3) is 2.16. The van der Waals surface area contributed by atoms with Crippen LogP contribution in [0.15, 0.2) is 17.8 Å². The largest absolute Gasteiger partial charge is 0.369 e. The van der Waals surface area contributed by atoms with E-state index >= 15 is 0 Å². The Hall–Kier alpha value is -1.69. The molecular formula is C13H16N4OS. The van der Waals surface area contributed by atoms with Crippen molar-refractivity contribution in [3.05, 3.63) is 17.8 Å². The number of piperidine rings is 1.